The summed E-state index contributed by atoms with van der Waals surface area (Å²) in [5.74, 6) is 1.08. The van der Waals surface area contributed by atoms with Crippen LogP contribution in [0.4, 0.5) is 17.1 Å². The molecule has 1 unspecified atom stereocenters. The first-order valence-electron chi connectivity index (χ1n) is 12.0. The number of benzene rings is 3. The van der Waals surface area contributed by atoms with E-state index in [0.717, 1.165) is 38.4 Å². The normalized spacial score (nSPS) is 14.8. The van der Waals surface area contributed by atoms with E-state index >= 15 is 0 Å². The van der Waals surface area contributed by atoms with E-state index < -0.39 is 6.04 Å². The number of hydrogen-bond acceptors (Lipinski definition) is 6. The molecule has 3 aromatic rings. The van der Waals surface area contributed by atoms with Crippen molar-refractivity contribution in [3.8, 4) is 11.5 Å². The third-order valence-electron chi connectivity index (χ3n) is 6.29. The van der Waals surface area contributed by atoms with E-state index in [4.69, 9.17) is 9.47 Å². The molecule has 2 N–H and O–H groups in total. The third-order valence-corrected chi connectivity index (χ3v) is 6.29. The quantitative estimate of drug-likeness (QED) is 0.477. The van der Waals surface area contributed by atoms with Gasteiger partial charge in [-0.25, -0.2) is 0 Å². The standard InChI is InChI=1S/C28H34N4O3/c1-21(28(33)30-26-19-25(34-2)13-14-27(26)35-3)29-23-9-11-24(12-10-23)32-17-15-31(16-18-32)20-22-7-5-4-6-8-22/h4-14,19,21,29H,15-18,20H2,1-3H3,(H,30,33). The lowest BCUT2D eigenvalue weighted by molar-refractivity contribution is -0.116. The van der Waals surface area contributed by atoms with E-state index in [0.29, 0.717) is 17.2 Å². The van der Waals surface area contributed by atoms with Gasteiger partial charge in [-0.1, -0.05) is 30.3 Å². The van der Waals surface area contributed by atoms with Gasteiger partial charge in [0, 0.05) is 50.2 Å². The van der Waals surface area contributed by atoms with Crippen LogP contribution in [0.5, 0.6) is 11.5 Å². The maximum atomic E-state index is 12.8. The predicted octanol–water partition coefficient (Wildman–Crippen LogP) is 4.47. The summed E-state index contributed by atoms with van der Waals surface area (Å²) in [6, 6.07) is 23.8. The van der Waals surface area contributed by atoms with Gasteiger partial charge >= 0.3 is 0 Å². The molecule has 0 spiro atoms. The Morgan fingerprint density at radius 1 is 0.914 bits per heavy atom. The zero-order chi connectivity index (χ0) is 24.6. The van der Waals surface area contributed by atoms with Gasteiger partial charge in [-0.05, 0) is 48.9 Å². The van der Waals surface area contributed by atoms with Crippen molar-refractivity contribution in [3.63, 3.8) is 0 Å². The first-order valence-corrected chi connectivity index (χ1v) is 12.0. The van der Waals surface area contributed by atoms with Crippen molar-refractivity contribution >= 4 is 23.0 Å². The van der Waals surface area contributed by atoms with Crippen molar-refractivity contribution in [2.45, 2.75) is 19.5 Å². The Hall–Kier alpha value is -3.71. The SMILES string of the molecule is COc1ccc(OC)c(NC(=O)C(C)Nc2ccc(N3CCN(Cc4ccccc4)CC3)cc2)c1. The number of carbonyl (C=O) groups is 1. The Labute approximate surface area is 207 Å². The third kappa shape index (κ3) is 6.45. The summed E-state index contributed by atoms with van der Waals surface area (Å²) in [5.41, 5.74) is 4.04. The number of rotatable bonds is 9. The lowest BCUT2D eigenvalue weighted by Crippen LogP contribution is -2.45. The number of anilines is 3. The molecule has 1 heterocycles. The maximum absolute atomic E-state index is 12.8. The highest BCUT2D eigenvalue weighted by Gasteiger charge is 2.18. The summed E-state index contributed by atoms with van der Waals surface area (Å²) in [7, 11) is 3.16. The van der Waals surface area contributed by atoms with Crippen molar-refractivity contribution in [1.82, 2.24) is 4.90 Å². The number of hydrogen-bond donors (Lipinski definition) is 2. The number of methoxy groups -OCH3 is 2. The molecular formula is C28H34N4O3. The lowest BCUT2D eigenvalue weighted by atomic mass is 10.2. The Morgan fingerprint density at radius 2 is 1.63 bits per heavy atom. The Bertz CT molecular complexity index is 1100. The van der Waals surface area contributed by atoms with Crippen molar-refractivity contribution in [3.05, 3.63) is 78.4 Å². The second-order valence-corrected chi connectivity index (χ2v) is 8.72. The van der Waals surface area contributed by atoms with Crippen LogP contribution < -0.4 is 25.0 Å². The molecule has 7 nitrogen and oxygen atoms in total. The zero-order valence-corrected chi connectivity index (χ0v) is 20.7. The molecule has 184 valence electrons. The van der Waals surface area contributed by atoms with E-state index in [2.05, 4.69) is 62.9 Å². The van der Waals surface area contributed by atoms with Gasteiger partial charge in [0.15, 0.2) is 0 Å². The zero-order valence-electron chi connectivity index (χ0n) is 20.7. The van der Waals surface area contributed by atoms with Crippen LogP contribution in [0.25, 0.3) is 0 Å². The molecule has 1 aliphatic heterocycles. The molecule has 0 radical (unpaired) electrons. The minimum Gasteiger partial charge on any atom is -0.497 e. The molecule has 1 atom stereocenters. The summed E-state index contributed by atoms with van der Waals surface area (Å²) in [5, 5.41) is 6.20. The van der Waals surface area contributed by atoms with Crippen LogP contribution in [0.1, 0.15) is 12.5 Å². The van der Waals surface area contributed by atoms with Crippen LogP contribution in [0.2, 0.25) is 0 Å². The molecule has 1 saturated heterocycles. The average molecular weight is 475 g/mol. The first kappa shape index (κ1) is 24.4. The van der Waals surface area contributed by atoms with E-state index in [1.165, 1.54) is 11.3 Å². The molecule has 0 saturated carbocycles. The smallest absolute Gasteiger partial charge is 0.246 e. The number of nitrogens with zero attached hydrogens (tertiary/aromatic N) is 2. The Kier molecular flexibility index (Phi) is 8.11. The number of carbonyl (C=O) groups excluding carboxylic acids is 1. The maximum Gasteiger partial charge on any atom is 0.246 e. The lowest BCUT2D eigenvalue weighted by Gasteiger charge is -2.36. The van der Waals surface area contributed by atoms with Gasteiger partial charge in [0.25, 0.3) is 0 Å². The van der Waals surface area contributed by atoms with Gasteiger partial charge in [-0.15, -0.1) is 0 Å². The summed E-state index contributed by atoms with van der Waals surface area (Å²) in [6.07, 6.45) is 0. The highest BCUT2D eigenvalue weighted by molar-refractivity contribution is 5.97. The van der Waals surface area contributed by atoms with Gasteiger partial charge in [-0.2, -0.15) is 0 Å². The molecule has 3 aromatic carbocycles. The molecule has 35 heavy (non-hydrogen) atoms. The van der Waals surface area contributed by atoms with Gasteiger partial charge in [-0.3, -0.25) is 9.69 Å². The van der Waals surface area contributed by atoms with Crippen molar-refractivity contribution in [2.75, 3.05) is 55.9 Å². The summed E-state index contributed by atoms with van der Waals surface area (Å²) in [4.78, 5) is 17.7. The molecule has 7 heteroatoms. The fourth-order valence-corrected chi connectivity index (χ4v) is 4.24. The van der Waals surface area contributed by atoms with Gasteiger partial charge in [0.2, 0.25) is 5.91 Å². The van der Waals surface area contributed by atoms with Crippen LogP contribution in [-0.4, -0.2) is 57.2 Å². The summed E-state index contributed by atoms with van der Waals surface area (Å²) >= 11 is 0. The van der Waals surface area contributed by atoms with Crippen molar-refractivity contribution < 1.29 is 14.3 Å². The Balaban J connectivity index is 1.29. The molecule has 1 amide bonds. The number of nitrogens with one attached hydrogen (secondary N) is 2. The second-order valence-electron chi connectivity index (χ2n) is 8.72. The highest BCUT2D eigenvalue weighted by Crippen LogP contribution is 2.29. The molecular weight excluding hydrogens is 440 g/mol. The molecule has 0 aliphatic carbocycles. The molecule has 1 fully saturated rings. The van der Waals surface area contributed by atoms with Gasteiger partial charge in [0.1, 0.15) is 17.5 Å². The van der Waals surface area contributed by atoms with Gasteiger partial charge < -0.3 is 25.0 Å². The largest absolute Gasteiger partial charge is 0.497 e. The minimum atomic E-state index is -0.432. The van der Waals surface area contributed by atoms with Crippen LogP contribution in [0.3, 0.4) is 0 Å². The van der Waals surface area contributed by atoms with E-state index in [9.17, 15) is 4.79 Å². The number of ether oxygens (including phenoxy) is 2. The molecule has 4 rings (SSSR count). The predicted molar refractivity (Wildman–Crippen MR) is 142 cm³/mol. The average Bonchev–Trinajstić information content (AvgIpc) is 2.90. The number of piperazine rings is 1. The fourth-order valence-electron chi connectivity index (χ4n) is 4.24. The molecule has 1 aliphatic rings. The van der Waals surface area contributed by atoms with Crippen LogP contribution in [0, 0.1) is 0 Å². The molecule has 0 bridgehead atoms. The second kappa shape index (κ2) is 11.6. The van der Waals surface area contributed by atoms with E-state index in [1.807, 2.05) is 19.1 Å². The first-order chi connectivity index (χ1) is 17.1. The Morgan fingerprint density at radius 3 is 2.29 bits per heavy atom. The molecule has 0 aromatic heterocycles. The van der Waals surface area contributed by atoms with E-state index in [-0.39, 0.29) is 5.91 Å². The topological polar surface area (TPSA) is 66.1 Å². The van der Waals surface area contributed by atoms with Crippen LogP contribution >= 0.6 is 0 Å². The summed E-state index contributed by atoms with van der Waals surface area (Å²) < 4.78 is 10.6. The fraction of sp³-hybridized carbons (Fsp3) is 0.321. The monoisotopic (exact) mass is 474 g/mol. The number of amides is 1. The van der Waals surface area contributed by atoms with Crippen molar-refractivity contribution in [1.29, 1.82) is 0 Å². The summed E-state index contributed by atoms with van der Waals surface area (Å²) in [6.45, 7) is 6.92. The van der Waals surface area contributed by atoms with Crippen LogP contribution in [-0.2, 0) is 11.3 Å². The highest BCUT2D eigenvalue weighted by atomic mass is 16.5. The van der Waals surface area contributed by atoms with Gasteiger partial charge in [0.05, 0.1) is 19.9 Å². The minimum absolute atomic E-state index is 0.157. The van der Waals surface area contributed by atoms with Crippen LogP contribution in [0.15, 0.2) is 72.8 Å². The van der Waals surface area contributed by atoms with E-state index in [1.54, 1.807) is 32.4 Å². The van der Waals surface area contributed by atoms with Crippen molar-refractivity contribution in [2.24, 2.45) is 0 Å².